The lowest BCUT2D eigenvalue weighted by atomic mass is 9.89. The Morgan fingerprint density at radius 1 is 1.47 bits per heavy atom. The highest BCUT2D eigenvalue weighted by atomic mass is 16.3. The third kappa shape index (κ3) is 3.43. The Morgan fingerprint density at radius 2 is 2.24 bits per heavy atom. The van der Waals surface area contributed by atoms with Crippen molar-refractivity contribution in [1.82, 2.24) is 5.32 Å². The first-order valence-corrected chi connectivity index (χ1v) is 5.87. The van der Waals surface area contributed by atoms with Gasteiger partial charge in [-0.2, -0.15) is 0 Å². The van der Waals surface area contributed by atoms with Crippen molar-refractivity contribution < 1.29 is 9.90 Å². The predicted octanol–water partition coefficient (Wildman–Crippen LogP) is 1.65. The normalized spacial score (nSPS) is 23.4. The number of benzene rings is 1. The van der Waals surface area contributed by atoms with Crippen LogP contribution in [-0.2, 0) is 4.79 Å². The Balaban J connectivity index is 1.85. The summed E-state index contributed by atoms with van der Waals surface area (Å²) in [6, 6.07) is 8.11. The van der Waals surface area contributed by atoms with Crippen LogP contribution in [0, 0.1) is 6.92 Å². The molecule has 0 heterocycles. The maximum Gasteiger partial charge on any atom is 0.244 e. The Bertz CT molecular complexity index is 434. The van der Waals surface area contributed by atoms with E-state index in [1.54, 1.807) is 12.2 Å². The molecule has 0 radical (unpaired) electrons. The number of carbonyl (C=O) groups is 1. The van der Waals surface area contributed by atoms with Crippen LogP contribution in [0.5, 0.6) is 0 Å². The maximum absolute atomic E-state index is 11.5. The second kappa shape index (κ2) is 5.15. The van der Waals surface area contributed by atoms with Crippen LogP contribution in [-0.4, -0.2) is 23.2 Å². The Morgan fingerprint density at radius 3 is 2.88 bits per heavy atom. The van der Waals surface area contributed by atoms with Gasteiger partial charge in [0.1, 0.15) is 0 Å². The van der Waals surface area contributed by atoms with E-state index in [9.17, 15) is 4.79 Å². The number of nitrogens with one attached hydrogen (secondary N) is 1. The standard InChI is InChI=1S/C14H17NO2/c1-10-3-2-4-11(7-10)5-6-14(17)15-12-8-13(16)9-12/h2-7,12-13,16H,8-9H2,1H3,(H,15,17). The lowest BCUT2D eigenvalue weighted by Gasteiger charge is -2.31. The molecule has 1 amide bonds. The van der Waals surface area contributed by atoms with Gasteiger partial charge in [0.15, 0.2) is 0 Å². The zero-order valence-corrected chi connectivity index (χ0v) is 9.89. The van der Waals surface area contributed by atoms with Crippen LogP contribution < -0.4 is 5.32 Å². The number of hydrogen-bond donors (Lipinski definition) is 2. The summed E-state index contributed by atoms with van der Waals surface area (Å²) >= 11 is 0. The third-order valence-corrected chi connectivity index (χ3v) is 2.93. The van der Waals surface area contributed by atoms with Crippen molar-refractivity contribution in [2.24, 2.45) is 0 Å². The number of carbonyl (C=O) groups excluding carboxylic acids is 1. The number of amides is 1. The van der Waals surface area contributed by atoms with Gasteiger partial charge in [0.25, 0.3) is 0 Å². The molecule has 1 aromatic carbocycles. The molecule has 1 aliphatic rings. The molecule has 0 unspecified atom stereocenters. The summed E-state index contributed by atoms with van der Waals surface area (Å²) in [6.07, 6.45) is 4.45. The van der Waals surface area contributed by atoms with Crippen LogP contribution in [0.25, 0.3) is 6.08 Å². The van der Waals surface area contributed by atoms with E-state index in [1.807, 2.05) is 31.2 Å². The van der Waals surface area contributed by atoms with Crippen molar-refractivity contribution in [3.63, 3.8) is 0 Å². The molecule has 1 aliphatic carbocycles. The van der Waals surface area contributed by atoms with E-state index >= 15 is 0 Å². The molecule has 0 saturated heterocycles. The minimum atomic E-state index is -0.235. The van der Waals surface area contributed by atoms with Gasteiger partial charge in [0.2, 0.25) is 5.91 Å². The molecular weight excluding hydrogens is 214 g/mol. The van der Waals surface area contributed by atoms with Gasteiger partial charge in [0.05, 0.1) is 6.10 Å². The van der Waals surface area contributed by atoms with Crippen molar-refractivity contribution in [3.8, 4) is 0 Å². The Kier molecular flexibility index (Phi) is 3.59. The Labute approximate surface area is 101 Å². The fourth-order valence-electron chi connectivity index (χ4n) is 1.90. The molecule has 0 spiro atoms. The topological polar surface area (TPSA) is 49.3 Å². The number of aliphatic hydroxyl groups is 1. The average molecular weight is 231 g/mol. The summed E-state index contributed by atoms with van der Waals surface area (Å²) in [5.74, 6) is -0.0941. The monoisotopic (exact) mass is 231 g/mol. The van der Waals surface area contributed by atoms with Gasteiger partial charge >= 0.3 is 0 Å². The van der Waals surface area contributed by atoms with Gasteiger partial charge < -0.3 is 10.4 Å². The molecule has 2 rings (SSSR count). The third-order valence-electron chi connectivity index (χ3n) is 2.93. The van der Waals surface area contributed by atoms with E-state index in [4.69, 9.17) is 5.11 Å². The van der Waals surface area contributed by atoms with E-state index in [-0.39, 0.29) is 18.1 Å². The minimum absolute atomic E-state index is 0.0941. The quantitative estimate of drug-likeness (QED) is 0.777. The van der Waals surface area contributed by atoms with Gasteiger partial charge in [-0.1, -0.05) is 29.8 Å². The van der Waals surface area contributed by atoms with Crippen LogP contribution >= 0.6 is 0 Å². The fourth-order valence-corrected chi connectivity index (χ4v) is 1.90. The van der Waals surface area contributed by atoms with Crippen LogP contribution in [0.15, 0.2) is 30.3 Å². The summed E-state index contributed by atoms with van der Waals surface area (Å²) in [7, 11) is 0. The Hall–Kier alpha value is -1.61. The molecule has 0 bridgehead atoms. The molecule has 90 valence electrons. The lowest BCUT2D eigenvalue weighted by molar-refractivity contribution is -0.118. The number of rotatable bonds is 3. The molecule has 1 saturated carbocycles. The maximum atomic E-state index is 11.5. The molecule has 17 heavy (non-hydrogen) atoms. The predicted molar refractivity (Wildman–Crippen MR) is 67.4 cm³/mol. The van der Waals surface area contributed by atoms with E-state index in [1.165, 1.54) is 5.56 Å². The fraction of sp³-hybridized carbons (Fsp3) is 0.357. The summed E-state index contributed by atoms with van der Waals surface area (Å²) in [5, 5.41) is 11.9. The van der Waals surface area contributed by atoms with Crippen LogP contribution in [0.3, 0.4) is 0 Å². The second-order valence-electron chi connectivity index (χ2n) is 4.58. The van der Waals surface area contributed by atoms with Gasteiger partial charge in [0, 0.05) is 12.1 Å². The first-order valence-electron chi connectivity index (χ1n) is 5.87. The number of aliphatic hydroxyl groups excluding tert-OH is 1. The van der Waals surface area contributed by atoms with Crippen molar-refractivity contribution in [3.05, 3.63) is 41.5 Å². The molecule has 1 aromatic rings. The lowest BCUT2D eigenvalue weighted by Crippen LogP contribution is -2.46. The summed E-state index contributed by atoms with van der Waals surface area (Å²) < 4.78 is 0. The first kappa shape index (κ1) is 11.9. The van der Waals surface area contributed by atoms with Gasteiger partial charge in [-0.3, -0.25) is 4.79 Å². The molecular formula is C14H17NO2. The second-order valence-corrected chi connectivity index (χ2v) is 4.58. The van der Waals surface area contributed by atoms with Crippen LogP contribution in [0.1, 0.15) is 24.0 Å². The smallest absolute Gasteiger partial charge is 0.244 e. The zero-order chi connectivity index (χ0) is 12.3. The number of aryl methyl sites for hydroxylation is 1. The SMILES string of the molecule is Cc1cccc(C=CC(=O)NC2CC(O)C2)c1. The molecule has 3 heteroatoms. The van der Waals surface area contributed by atoms with Gasteiger partial charge in [-0.15, -0.1) is 0 Å². The van der Waals surface area contributed by atoms with Gasteiger partial charge in [-0.05, 0) is 31.4 Å². The molecule has 0 aliphatic heterocycles. The summed E-state index contributed by atoms with van der Waals surface area (Å²) in [5.41, 5.74) is 2.20. The van der Waals surface area contributed by atoms with Crippen molar-refractivity contribution in [2.45, 2.75) is 31.9 Å². The van der Waals surface area contributed by atoms with Crippen molar-refractivity contribution >= 4 is 12.0 Å². The molecule has 1 fully saturated rings. The zero-order valence-electron chi connectivity index (χ0n) is 9.89. The van der Waals surface area contributed by atoms with E-state index in [0.717, 1.165) is 5.56 Å². The van der Waals surface area contributed by atoms with Crippen LogP contribution in [0.2, 0.25) is 0 Å². The highest BCUT2D eigenvalue weighted by molar-refractivity contribution is 5.92. The molecule has 0 atom stereocenters. The highest BCUT2D eigenvalue weighted by Crippen LogP contribution is 2.19. The molecule has 0 aromatic heterocycles. The summed E-state index contributed by atoms with van der Waals surface area (Å²) in [6.45, 7) is 2.02. The largest absolute Gasteiger partial charge is 0.393 e. The average Bonchev–Trinajstić information content (AvgIpc) is 2.24. The van der Waals surface area contributed by atoms with Crippen LogP contribution in [0.4, 0.5) is 0 Å². The first-order chi connectivity index (χ1) is 8.13. The highest BCUT2D eigenvalue weighted by Gasteiger charge is 2.27. The number of hydrogen-bond acceptors (Lipinski definition) is 2. The van der Waals surface area contributed by atoms with Crippen molar-refractivity contribution in [2.75, 3.05) is 0 Å². The van der Waals surface area contributed by atoms with E-state index in [2.05, 4.69) is 5.32 Å². The van der Waals surface area contributed by atoms with E-state index < -0.39 is 0 Å². The van der Waals surface area contributed by atoms with E-state index in [0.29, 0.717) is 12.8 Å². The molecule has 3 nitrogen and oxygen atoms in total. The van der Waals surface area contributed by atoms with Crippen molar-refractivity contribution in [1.29, 1.82) is 0 Å². The molecule has 2 N–H and O–H groups in total. The summed E-state index contributed by atoms with van der Waals surface area (Å²) in [4.78, 5) is 11.5. The van der Waals surface area contributed by atoms with Gasteiger partial charge in [-0.25, -0.2) is 0 Å². The minimum Gasteiger partial charge on any atom is -0.393 e.